The molecule has 106 valence electrons. The van der Waals surface area contributed by atoms with Crippen molar-refractivity contribution in [3.05, 3.63) is 55.7 Å². The predicted octanol–water partition coefficient (Wildman–Crippen LogP) is 4.54. The second-order valence-electron chi connectivity index (χ2n) is 4.20. The predicted molar refractivity (Wildman–Crippen MR) is 86.3 cm³/mol. The molecule has 1 unspecified atom stereocenters. The van der Waals surface area contributed by atoms with E-state index in [2.05, 4.69) is 36.8 Å². The largest absolute Gasteiger partial charge is 0.496 e. The van der Waals surface area contributed by atoms with E-state index in [0.29, 0.717) is 22.9 Å². The number of aromatic nitrogens is 1. The number of methoxy groups -OCH3 is 1. The van der Waals surface area contributed by atoms with E-state index in [-0.39, 0.29) is 0 Å². The smallest absolute Gasteiger partial charge is 0.122 e. The number of hydrogen-bond donors (Lipinski definition) is 1. The van der Waals surface area contributed by atoms with Gasteiger partial charge in [-0.15, -0.1) is 0 Å². The van der Waals surface area contributed by atoms with Crippen LogP contribution in [0.3, 0.4) is 0 Å². The van der Waals surface area contributed by atoms with E-state index in [9.17, 15) is 5.11 Å². The lowest BCUT2D eigenvalue weighted by Gasteiger charge is -2.14. The van der Waals surface area contributed by atoms with Crippen LogP contribution < -0.4 is 4.74 Å². The van der Waals surface area contributed by atoms with E-state index in [1.165, 1.54) is 0 Å². The van der Waals surface area contributed by atoms with Gasteiger partial charge in [0.2, 0.25) is 0 Å². The second kappa shape index (κ2) is 6.89. The number of hydrogen-bond acceptors (Lipinski definition) is 3. The Morgan fingerprint density at radius 2 is 2.10 bits per heavy atom. The number of nitrogens with zero attached hydrogens (tertiary/aromatic N) is 1. The Hall–Kier alpha value is -0.620. The van der Waals surface area contributed by atoms with Crippen LogP contribution in [-0.2, 0) is 6.42 Å². The molecule has 6 heteroatoms. The Balaban J connectivity index is 2.27. The van der Waals surface area contributed by atoms with Gasteiger partial charge in [0.1, 0.15) is 11.9 Å². The van der Waals surface area contributed by atoms with Crippen molar-refractivity contribution in [1.29, 1.82) is 0 Å². The van der Waals surface area contributed by atoms with Crippen LogP contribution in [0, 0.1) is 0 Å². The second-order valence-corrected chi connectivity index (χ2v) is 6.40. The highest BCUT2D eigenvalue weighted by molar-refractivity contribution is 9.11. The average Bonchev–Trinajstić information content (AvgIpc) is 2.38. The minimum absolute atomic E-state index is 0.372. The maximum absolute atomic E-state index is 10.4. The first-order valence-electron chi connectivity index (χ1n) is 5.82. The third-order valence-electron chi connectivity index (χ3n) is 2.81. The average molecular weight is 422 g/mol. The van der Waals surface area contributed by atoms with Gasteiger partial charge in [0.15, 0.2) is 0 Å². The summed E-state index contributed by atoms with van der Waals surface area (Å²) in [5.41, 5.74) is 1.42. The molecule has 2 rings (SSSR count). The minimum Gasteiger partial charge on any atom is -0.496 e. The number of rotatable bonds is 4. The third kappa shape index (κ3) is 3.73. The standard InChI is InChI=1S/C14H12Br2ClNO2/c1-20-13-3-2-10(17)4-8(13)5-12(19)14-11(16)6-9(15)7-18-14/h2-4,6-7,12,19H,5H2,1H3. The molecule has 0 aliphatic heterocycles. The monoisotopic (exact) mass is 419 g/mol. The number of aliphatic hydroxyl groups is 1. The Kier molecular flexibility index (Phi) is 5.43. The normalized spacial score (nSPS) is 12.2. The molecule has 0 aliphatic carbocycles. The van der Waals surface area contributed by atoms with Crippen LogP contribution in [0.4, 0.5) is 0 Å². The van der Waals surface area contributed by atoms with Gasteiger partial charge in [-0.05, 0) is 61.7 Å². The van der Waals surface area contributed by atoms with E-state index in [4.69, 9.17) is 16.3 Å². The zero-order chi connectivity index (χ0) is 14.7. The molecule has 0 saturated heterocycles. The first-order chi connectivity index (χ1) is 9.51. The third-order valence-corrected chi connectivity index (χ3v) is 4.11. The summed E-state index contributed by atoms with van der Waals surface area (Å²) in [5.74, 6) is 0.696. The summed E-state index contributed by atoms with van der Waals surface area (Å²) in [6.07, 6.45) is 1.28. The molecular weight excluding hydrogens is 409 g/mol. The molecule has 1 aromatic carbocycles. The van der Waals surface area contributed by atoms with E-state index < -0.39 is 6.10 Å². The van der Waals surface area contributed by atoms with E-state index in [1.807, 2.05) is 6.07 Å². The topological polar surface area (TPSA) is 42.4 Å². The molecule has 0 fully saturated rings. The van der Waals surface area contributed by atoms with Gasteiger partial charge in [-0.1, -0.05) is 11.6 Å². The highest BCUT2D eigenvalue weighted by Gasteiger charge is 2.16. The van der Waals surface area contributed by atoms with Crippen molar-refractivity contribution in [2.45, 2.75) is 12.5 Å². The first kappa shape index (κ1) is 15.8. The summed E-state index contributed by atoms with van der Waals surface area (Å²) in [7, 11) is 1.59. The molecule has 0 bridgehead atoms. The van der Waals surface area contributed by atoms with Crippen molar-refractivity contribution in [2.24, 2.45) is 0 Å². The van der Waals surface area contributed by atoms with Crippen LogP contribution in [0.5, 0.6) is 5.75 Å². The lowest BCUT2D eigenvalue weighted by Crippen LogP contribution is -2.06. The van der Waals surface area contributed by atoms with Crippen LogP contribution >= 0.6 is 43.5 Å². The molecule has 1 aromatic heterocycles. The minimum atomic E-state index is -0.746. The number of pyridine rings is 1. The molecule has 0 saturated carbocycles. The molecule has 1 heterocycles. The molecule has 0 spiro atoms. The van der Waals surface area contributed by atoms with E-state index >= 15 is 0 Å². The zero-order valence-electron chi connectivity index (χ0n) is 10.6. The van der Waals surface area contributed by atoms with Gasteiger partial charge in [-0.2, -0.15) is 0 Å². The molecule has 3 nitrogen and oxygen atoms in total. The van der Waals surface area contributed by atoms with Gasteiger partial charge in [0.25, 0.3) is 0 Å². The summed E-state index contributed by atoms with van der Waals surface area (Å²) >= 11 is 12.7. The highest BCUT2D eigenvalue weighted by Crippen LogP contribution is 2.30. The Morgan fingerprint density at radius 1 is 1.35 bits per heavy atom. The van der Waals surface area contributed by atoms with Gasteiger partial charge in [0, 0.05) is 26.6 Å². The number of aliphatic hydroxyl groups excluding tert-OH is 1. The van der Waals surface area contributed by atoms with Crippen molar-refractivity contribution >= 4 is 43.5 Å². The molecule has 2 aromatic rings. The summed E-state index contributed by atoms with van der Waals surface area (Å²) in [5, 5.41) is 11.0. The van der Waals surface area contributed by atoms with Crippen LogP contribution in [0.25, 0.3) is 0 Å². The maximum atomic E-state index is 10.4. The summed E-state index contributed by atoms with van der Waals surface area (Å²) in [6, 6.07) is 7.18. The van der Waals surface area contributed by atoms with E-state index in [1.54, 1.807) is 31.5 Å². The summed E-state index contributed by atoms with van der Waals surface area (Å²) in [6.45, 7) is 0. The van der Waals surface area contributed by atoms with Crippen LogP contribution in [0.15, 0.2) is 39.4 Å². The van der Waals surface area contributed by atoms with Crippen molar-refractivity contribution < 1.29 is 9.84 Å². The van der Waals surface area contributed by atoms with Crippen LogP contribution in [0.1, 0.15) is 17.4 Å². The van der Waals surface area contributed by atoms with Gasteiger partial charge in [-0.25, -0.2) is 0 Å². The highest BCUT2D eigenvalue weighted by atomic mass is 79.9. The van der Waals surface area contributed by atoms with E-state index in [0.717, 1.165) is 14.5 Å². The van der Waals surface area contributed by atoms with Crippen molar-refractivity contribution in [3.63, 3.8) is 0 Å². The fraction of sp³-hybridized carbons (Fsp3) is 0.214. The molecular formula is C14H12Br2ClNO2. The van der Waals surface area contributed by atoms with Gasteiger partial charge >= 0.3 is 0 Å². The quantitative estimate of drug-likeness (QED) is 0.788. The van der Waals surface area contributed by atoms with Crippen molar-refractivity contribution in [3.8, 4) is 5.75 Å². The lowest BCUT2D eigenvalue weighted by molar-refractivity contribution is 0.171. The maximum Gasteiger partial charge on any atom is 0.122 e. The van der Waals surface area contributed by atoms with Crippen LogP contribution in [0.2, 0.25) is 5.02 Å². The fourth-order valence-electron chi connectivity index (χ4n) is 1.88. The number of ether oxygens (including phenoxy) is 1. The Bertz CT molecular complexity index is 622. The molecule has 1 atom stereocenters. The first-order valence-corrected chi connectivity index (χ1v) is 7.79. The molecule has 0 amide bonds. The summed E-state index contributed by atoms with van der Waals surface area (Å²) in [4.78, 5) is 4.23. The lowest BCUT2D eigenvalue weighted by atomic mass is 10.0. The zero-order valence-corrected chi connectivity index (χ0v) is 14.5. The molecule has 0 aliphatic rings. The van der Waals surface area contributed by atoms with Gasteiger partial charge in [0.05, 0.1) is 12.8 Å². The summed E-state index contributed by atoms with van der Waals surface area (Å²) < 4.78 is 6.88. The number of halogens is 3. The Morgan fingerprint density at radius 3 is 2.75 bits per heavy atom. The SMILES string of the molecule is COc1ccc(Cl)cc1CC(O)c1ncc(Br)cc1Br. The number of benzene rings is 1. The fourth-order valence-corrected chi connectivity index (χ4v) is 3.33. The molecule has 0 radical (unpaired) electrons. The molecule has 20 heavy (non-hydrogen) atoms. The van der Waals surface area contributed by atoms with Crippen molar-refractivity contribution in [2.75, 3.05) is 7.11 Å². The Labute approximate surface area is 139 Å². The van der Waals surface area contributed by atoms with Gasteiger partial charge in [-0.3, -0.25) is 4.98 Å². The van der Waals surface area contributed by atoms with Gasteiger partial charge < -0.3 is 9.84 Å². The molecule has 1 N–H and O–H groups in total. The van der Waals surface area contributed by atoms with Crippen LogP contribution in [-0.4, -0.2) is 17.2 Å². The van der Waals surface area contributed by atoms with Crippen molar-refractivity contribution in [1.82, 2.24) is 4.98 Å².